The van der Waals surface area contributed by atoms with E-state index in [1.165, 1.54) is 11.1 Å². The Labute approximate surface area is 145 Å². The van der Waals surface area contributed by atoms with E-state index in [2.05, 4.69) is 46.8 Å². The molecule has 130 valence electrons. The minimum absolute atomic E-state index is 0.122. The summed E-state index contributed by atoms with van der Waals surface area (Å²) in [5, 5.41) is 0. The summed E-state index contributed by atoms with van der Waals surface area (Å²) < 4.78 is 6.28. The van der Waals surface area contributed by atoms with Gasteiger partial charge in [0, 0.05) is 22.5 Å². The third kappa shape index (κ3) is 1.92. The number of fused-ring (bicyclic) bond motifs is 1. The summed E-state index contributed by atoms with van der Waals surface area (Å²) >= 11 is 0. The second kappa shape index (κ2) is 5.21. The second-order valence-electron chi connectivity index (χ2n) is 8.39. The largest absolute Gasteiger partial charge is 0.465 e. The van der Waals surface area contributed by atoms with E-state index < -0.39 is 0 Å². The van der Waals surface area contributed by atoms with Crippen molar-refractivity contribution in [1.82, 2.24) is 0 Å². The number of aryl methyl sites for hydroxylation is 1. The number of hydrogen-bond acceptors (Lipinski definition) is 2. The molecule has 24 heavy (non-hydrogen) atoms. The van der Waals surface area contributed by atoms with Crippen molar-refractivity contribution in [1.29, 1.82) is 0 Å². The van der Waals surface area contributed by atoms with Crippen LogP contribution in [0.4, 0.5) is 0 Å². The SMILES string of the molecule is CC[C@@H]1[C@@]2(C)C=C(C)C=C(C)[C@H]2[C@@]1(C)c1oc(C)c(C)c(=O)c1C. The van der Waals surface area contributed by atoms with Gasteiger partial charge in [0.1, 0.15) is 11.5 Å². The topological polar surface area (TPSA) is 30.2 Å². The van der Waals surface area contributed by atoms with Crippen molar-refractivity contribution < 1.29 is 4.42 Å². The molecule has 1 fully saturated rings. The summed E-state index contributed by atoms with van der Waals surface area (Å²) in [5.74, 6) is 2.53. The normalized spacial score (nSPS) is 35.0. The third-order valence-corrected chi connectivity index (χ3v) is 6.85. The first kappa shape index (κ1) is 17.3. The van der Waals surface area contributed by atoms with Crippen molar-refractivity contribution in [2.24, 2.45) is 17.3 Å². The molecular formula is C22H30O2. The minimum Gasteiger partial charge on any atom is -0.465 e. The maximum absolute atomic E-state index is 12.7. The number of rotatable bonds is 2. The highest BCUT2D eigenvalue weighted by Crippen LogP contribution is 2.70. The van der Waals surface area contributed by atoms with Crippen LogP contribution in [0.1, 0.15) is 63.7 Å². The molecule has 2 aliphatic carbocycles. The van der Waals surface area contributed by atoms with E-state index in [1.54, 1.807) is 0 Å². The van der Waals surface area contributed by atoms with Gasteiger partial charge in [0.05, 0.1) is 0 Å². The fraction of sp³-hybridized carbons (Fsp3) is 0.591. The Hall–Kier alpha value is -1.57. The lowest BCUT2D eigenvalue weighted by Crippen LogP contribution is -2.65. The Bertz CT molecular complexity index is 823. The van der Waals surface area contributed by atoms with E-state index in [1.807, 2.05) is 20.8 Å². The Kier molecular flexibility index (Phi) is 3.75. The molecule has 0 amide bonds. The molecule has 4 atom stereocenters. The highest BCUT2D eigenvalue weighted by atomic mass is 16.3. The van der Waals surface area contributed by atoms with Crippen LogP contribution in [0.3, 0.4) is 0 Å². The van der Waals surface area contributed by atoms with E-state index in [0.29, 0.717) is 11.8 Å². The van der Waals surface area contributed by atoms with Crippen molar-refractivity contribution in [2.75, 3.05) is 0 Å². The van der Waals surface area contributed by atoms with Gasteiger partial charge in [0.2, 0.25) is 0 Å². The smallest absolute Gasteiger partial charge is 0.191 e. The first-order valence-corrected chi connectivity index (χ1v) is 9.08. The first-order valence-electron chi connectivity index (χ1n) is 9.08. The summed E-state index contributed by atoms with van der Waals surface area (Å²) in [7, 11) is 0. The minimum atomic E-state index is -0.122. The molecular weight excluding hydrogens is 296 g/mol. The maximum Gasteiger partial charge on any atom is 0.191 e. The average molecular weight is 326 g/mol. The fourth-order valence-corrected chi connectivity index (χ4v) is 6.24. The van der Waals surface area contributed by atoms with Crippen LogP contribution >= 0.6 is 0 Å². The average Bonchev–Trinajstić information content (AvgIpc) is 2.47. The van der Waals surface area contributed by atoms with Gasteiger partial charge in [-0.3, -0.25) is 4.79 Å². The molecule has 0 unspecified atom stereocenters. The van der Waals surface area contributed by atoms with Gasteiger partial charge in [-0.1, -0.05) is 50.5 Å². The van der Waals surface area contributed by atoms with E-state index in [4.69, 9.17) is 4.42 Å². The number of hydrogen-bond donors (Lipinski definition) is 0. The van der Waals surface area contributed by atoms with Crippen molar-refractivity contribution in [3.05, 3.63) is 56.2 Å². The van der Waals surface area contributed by atoms with Crippen LogP contribution in [0.2, 0.25) is 0 Å². The predicted octanol–water partition coefficient (Wildman–Crippen LogP) is 5.39. The molecule has 3 rings (SSSR count). The zero-order chi connectivity index (χ0) is 18.0. The van der Waals surface area contributed by atoms with Gasteiger partial charge >= 0.3 is 0 Å². The first-order chi connectivity index (χ1) is 11.1. The van der Waals surface area contributed by atoms with E-state index in [0.717, 1.165) is 29.1 Å². The molecule has 0 spiro atoms. The molecule has 1 saturated carbocycles. The molecule has 2 nitrogen and oxygen atoms in total. The quantitative estimate of drug-likeness (QED) is 0.729. The molecule has 0 aliphatic heterocycles. The van der Waals surface area contributed by atoms with Gasteiger partial charge in [-0.25, -0.2) is 0 Å². The highest BCUT2D eigenvalue weighted by Gasteiger charge is 2.67. The molecule has 0 saturated heterocycles. The van der Waals surface area contributed by atoms with Crippen LogP contribution in [-0.4, -0.2) is 0 Å². The van der Waals surface area contributed by atoms with Crippen molar-refractivity contribution in [3.8, 4) is 0 Å². The van der Waals surface area contributed by atoms with Gasteiger partial charge in [-0.2, -0.15) is 0 Å². The lowest BCUT2D eigenvalue weighted by atomic mass is 9.36. The fourth-order valence-electron chi connectivity index (χ4n) is 6.24. The molecule has 0 aromatic carbocycles. The van der Waals surface area contributed by atoms with Gasteiger partial charge in [0.25, 0.3) is 0 Å². The molecule has 2 heteroatoms. The Morgan fingerprint density at radius 1 is 1.08 bits per heavy atom. The molecule has 2 aliphatic rings. The molecule has 1 aromatic heterocycles. The standard InChI is InChI=1S/C22H30O2/c1-9-17-21(7)11-12(2)10-13(3)19(21)22(17,8)20-15(5)18(23)14(4)16(6)24-20/h10-11,17,19H,9H2,1-8H3/t17-,19-,21-,22+/m1/s1. The Morgan fingerprint density at radius 2 is 1.71 bits per heavy atom. The lowest BCUT2D eigenvalue weighted by Gasteiger charge is -2.67. The van der Waals surface area contributed by atoms with Crippen LogP contribution in [0.5, 0.6) is 0 Å². The van der Waals surface area contributed by atoms with Crippen LogP contribution < -0.4 is 5.43 Å². The van der Waals surface area contributed by atoms with Gasteiger partial charge in [0.15, 0.2) is 5.43 Å². The van der Waals surface area contributed by atoms with E-state index in [9.17, 15) is 4.79 Å². The zero-order valence-corrected chi connectivity index (χ0v) is 16.3. The maximum atomic E-state index is 12.7. The predicted molar refractivity (Wildman–Crippen MR) is 99.4 cm³/mol. The van der Waals surface area contributed by atoms with Crippen molar-refractivity contribution in [3.63, 3.8) is 0 Å². The van der Waals surface area contributed by atoms with Crippen molar-refractivity contribution in [2.45, 2.75) is 67.2 Å². The Morgan fingerprint density at radius 3 is 2.29 bits per heavy atom. The summed E-state index contributed by atoms with van der Waals surface area (Å²) in [6.45, 7) is 17.1. The summed E-state index contributed by atoms with van der Waals surface area (Å²) in [5.41, 5.74) is 4.46. The highest BCUT2D eigenvalue weighted by molar-refractivity contribution is 5.46. The van der Waals surface area contributed by atoms with Crippen molar-refractivity contribution >= 4 is 0 Å². The lowest BCUT2D eigenvalue weighted by molar-refractivity contribution is -0.0908. The molecule has 0 N–H and O–H groups in total. The monoisotopic (exact) mass is 326 g/mol. The van der Waals surface area contributed by atoms with E-state index >= 15 is 0 Å². The molecule has 1 heterocycles. The molecule has 0 bridgehead atoms. The summed E-state index contributed by atoms with van der Waals surface area (Å²) in [6, 6.07) is 0. The molecule has 0 radical (unpaired) electrons. The van der Waals surface area contributed by atoms with E-state index in [-0.39, 0.29) is 16.3 Å². The molecule has 1 aromatic rings. The van der Waals surface area contributed by atoms with Crippen LogP contribution in [-0.2, 0) is 5.41 Å². The van der Waals surface area contributed by atoms with Gasteiger partial charge in [-0.15, -0.1) is 0 Å². The summed E-state index contributed by atoms with van der Waals surface area (Å²) in [6.07, 6.45) is 5.82. The Balaban J connectivity index is 2.25. The van der Waals surface area contributed by atoms with Gasteiger partial charge < -0.3 is 4.42 Å². The number of allylic oxidation sites excluding steroid dienone is 4. The van der Waals surface area contributed by atoms with Crippen LogP contribution in [0.15, 0.2) is 32.5 Å². The zero-order valence-electron chi connectivity index (χ0n) is 16.3. The van der Waals surface area contributed by atoms with Crippen LogP contribution in [0, 0.1) is 38.0 Å². The van der Waals surface area contributed by atoms with Crippen LogP contribution in [0.25, 0.3) is 0 Å². The van der Waals surface area contributed by atoms with Gasteiger partial charge in [-0.05, 0) is 46.0 Å². The third-order valence-electron chi connectivity index (χ3n) is 6.85. The summed E-state index contributed by atoms with van der Waals surface area (Å²) in [4.78, 5) is 12.7. The second-order valence-corrected chi connectivity index (χ2v) is 8.39.